The van der Waals surface area contributed by atoms with Crippen LogP contribution in [0.3, 0.4) is 0 Å². The molecule has 1 unspecified atom stereocenters. The number of nitrogens with one attached hydrogen (secondary N) is 1. The van der Waals surface area contributed by atoms with Gasteiger partial charge in [-0.15, -0.1) is 0 Å². The fourth-order valence-electron chi connectivity index (χ4n) is 2.17. The van der Waals surface area contributed by atoms with Crippen LogP contribution in [0.25, 0.3) is 0 Å². The zero-order valence-electron chi connectivity index (χ0n) is 14.6. The number of hydrogen-bond donors (Lipinski definition) is 1. The van der Waals surface area contributed by atoms with E-state index in [2.05, 4.69) is 36.5 Å². The topological polar surface area (TPSA) is 41.6 Å². The van der Waals surface area contributed by atoms with Crippen LogP contribution in [0.1, 0.15) is 33.3 Å². The van der Waals surface area contributed by atoms with E-state index >= 15 is 0 Å². The normalized spacial score (nSPS) is 12.8. The fraction of sp³-hybridized carbons (Fsp3) is 0.611. The van der Waals surface area contributed by atoms with Crippen molar-refractivity contribution in [2.75, 3.05) is 26.7 Å². The van der Waals surface area contributed by atoms with E-state index in [1.165, 1.54) is 5.56 Å². The molecule has 1 amide bonds. The van der Waals surface area contributed by atoms with E-state index in [0.717, 1.165) is 19.5 Å². The molecule has 0 aliphatic rings. The summed E-state index contributed by atoms with van der Waals surface area (Å²) >= 11 is 0. The van der Waals surface area contributed by atoms with Crippen molar-refractivity contribution in [1.82, 2.24) is 10.2 Å². The van der Waals surface area contributed by atoms with Crippen LogP contribution in [-0.4, -0.2) is 43.3 Å². The first-order valence-electron chi connectivity index (χ1n) is 7.96. The second-order valence-electron chi connectivity index (χ2n) is 6.91. The molecule has 0 saturated heterocycles. The van der Waals surface area contributed by atoms with E-state index in [-0.39, 0.29) is 6.09 Å². The average Bonchev–Trinajstić information content (AvgIpc) is 2.43. The second kappa shape index (κ2) is 8.79. The summed E-state index contributed by atoms with van der Waals surface area (Å²) in [7, 11) is 1.79. The number of nitrogens with zero attached hydrogens (tertiary/aromatic N) is 1. The maximum absolute atomic E-state index is 11.9. The molecule has 0 bridgehead atoms. The molecule has 0 fully saturated rings. The summed E-state index contributed by atoms with van der Waals surface area (Å²) in [6.07, 6.45) is 0.763. The third-order valence-electron chi connectivity index (χ3n) is 3.22. The second-order valence-corrected chi connectivity index (χ2v) is 6.91. The highest BCUT2D eigenvalue weighted by atomic mass is 16.6. The monoisotopic (exact) mass is 306 g/mol. The Morgan fingerprint density at radius 2 is 1.91 bits per heavy atom. The molecule has 1 aromatic carbocycles. The van der Waals surface area contributed by atoms with E-state index in [9.17, 15) is 4.79 Å². The van der Waals surface area contributed by atoms with Gasteiger partial charge in [-0.1, -0.05) is 37.3 Å². The van der Waals surface area contributed by atoms with E-state index in [1.807, 2.05) is 26.8 Å². The van der Waals surface area contributed by atoms with E-state index < -0.39 is 5.60 Å². The molecule has 0 heterocycles. The Morgan fingerprint density at radius 1 is 1.27 bits per heavy atom. The number of carbonyl (C=O) groups excluding carboxylic acids is 1. The highest BCUT2D eigenvalue weighted by Crippen LogP contribution is 2.10. The van der Waals surface area contributed by atoms with Crippen molar-refractivity contribution in [3.63, 3.8) is 0 Å². The van der Waals surface area contributed by atoms with Crippen molar-refractivity contribution in [2.24, 2.45) is 5.92 Å². The van der Waals surface area contributed by atoms with Crippen molar-refractivity contribution >= 4 is 6.09 Å². The molecule has 1 rings (SSSR count). The first-order chi connectivity index (χ1) is 10.3. The van der Waals surface area contributed by atoms with Gasteiger partial charge in [0.25, 0.3) is 0 Å². The summed E-state index contributed by atoms with van der Waals surface area (Å²) in [6.45, 7) is 10.3. The lowest BCUT2D eigenvalue weighted by Gasteiger charge is -2.26. The van der Waals surface area contributed by atoms with Gasteiger partial charge in [-0.25, -0.2) is 4.79 Å². The van der Waals surface area contributed by atoms with Crippen molar-refractivity contribution in [2.45, 2.75) is 39.7 Å². The van der Waals surface area contributed by atoms with Gasteiger partial charge >= 0.3 is 6.09 Å². The number of rotatable bonds is 7. The molecular formula is C18H30N2O2. The SMILES string of the molecule is CC(CNCCc1ccccc1)CN(C)C(=O)OC(C)(C)C. The molecule has 0 saturated carbocycles. The molecule has 1 atom stereocenters. The molecule has 0 radical (unpaired) electrons. The number of carbonyl (C=O) groups is 1. The Hall–Kier alpha value is -1.55. The molecule has 0 spiro atoms. The van der Waals surface area contributed by atoms with Gasteiger partial charge in [0.15, 0.2) is 0 Å². The van der Waals surface area contributed by atoms with Crippen LogP contribution in [0.2, 0.25) is 0 Å². The van der Waals surface area contributed by atoms with Crippen molar-refractivity contribution in [3.8, 4) is 0 Å². The highest BCUT2D eigenvalue weighted by molar-refractivity contribution is 5.67. The third kappa shape index (κ3) is 8.03. The number of benzene rings is 1. The average molecular weight is 306 g/mol. The lowest BCUT2D eigenvalue weighted by atomic mass is 10.1. The standard InChI is InChI=1S/C18H30N2O2/c1-15(14-20(5)17(21)22-18(2,3)4)13-19-12-11-16-9-7-6-8-10-16/h6-10,15,19H,11-14H2,1-5H3. The smallest absolute Gasteiger partial charge is 0.410 e. The van der Waals surface area contributed by atoms with Gasteiger partial charge in [0.05, 0.1) is 0 Å². The lowest BCUT2D eigenvalue weighted by Crippen LogP contribution is -2.38. The Kier molecular flexibility index (Phi) is 7.39. The van der Waals surface area contributed by atoms with Gasteiger partial charge < -0.3 is 15.0 Å². The molecule has 4 heteroatoms. The first kappa shape index (κ1) is 18.5. The van der Waals surface area contributed by atoms with Gasteiger partial charge in [0.2, 0.25) is 0 Å². The predicted molar refractivity (Wildman–Crippen MR) is 91.0 cm³/mol. The summed E-state index contributed by atoms with van der Waals surface area (Å²) in [5.74, 6) is 0.383. The Balaban J connectivity index is 2.20. The molecule has 0 aliphatic carbocycles. The van der Waals surface area contributed by atoms with Crippen LogP contribution in [0.15, 0.2) is 30.3 Å². The molecule has 0 aromatic heterocycles. The number of amides is 1. The zero-order chi connectivity index (χ0) is 16.6. The minimum atomic E-state index is -0.442. The number of hydrogen-bond acceptors (Lipinski definition) is 3. The summed E-state index contributed by atoms with van der Waals surface area (Å²) < 4.78 is 5.35. The largest absolute Gasteiger partial charge is 0.444 e. The number of ether oxygens (including phenoxy) is 1. The van der Waals surface area contributed by atoms with Crippen LogP contribution in [0.4, 0.5) is 4.79 Å². The summed E-state index contributed by atoms with van der Waals surface area (Å²) in [4.78, 5) is 13.5. The molecule has 1 aromatic rings. The van der Waals surface area contributed by atoms with Gasteiger partial charge in [-0.3, -0.25) is 0 Å². The Morgan fingerprint density at radius 3 is 2.50 bits per heavy atom. The summed E-state index contributed by atoms with van der Waals surface area (Å²) in [5.41, 5.74) is 0.899. The first-order valence-corrected chi connectivity index (χ1v) is 7.96. The van der Waals surface area contributed by atoms with Crippen molar-refractivity contribution < 1.29 is 9.53 Å². The van der Waals surface area contributed by atoms with Crippen LogP contribution >= 0.6 is 0 Å². The highest BCUT2D eigenvalue weighted by Gasteiger charge is 2.20. The van der Waals surface area contributed by atoms with Crippen LogP contribution in [0, 0.1) is 5.92 Å². The van der Waals surface area contributed by atoms with Gasteiger partial charge in [-0.05, 0) is 51.8 Å². The van der Waals surface area contributed by atoms with Crippen molar-refractivity contribution in [1.29, 1.82) is 0 Å². The molecule has 22 heavy (non-hydrogen) atoms. The molecule has 4 nitrogen and oxygen atoms in total. The quantitative estimate of drug-likeness (QED) is 0.786. The van der Waals surface area contributed by atoms with Crippen LogP contribution in [0.5, 0.6) is 0 Å². The minimum Gasteiger partial charge on any atom is -0.444 e. The lowest BCUT2D eigenvalue weighted by molar-refractivity contribution is 0.0277. The summed E-state index contributed by atoms with van der Waals surface area (Å²) in [6, 6.07) is 10.4. The predicted octanol–water partition coefficient (Wildman–Crippen LogP) is 3.32. The van der Waals surface area contributed by atoms with E-state index in [0.29, 0.717) is 12.5 Å². The van der Waals surface area contributed by atoms with Crippen LogP contribution < -0.4 is 5.32 Å². The van der Waals surface area contributed by atoms with Crippen LogP contribution in [-0.2, 0) is 11.2 Å². The van der Waals surface area contributed by atoms with Crippen molar-refractivity contribution in [3.05, 3.63) is 35.9 Å². The minimum absolute atomic E-state index is 0.261. The van der Waals surface area contributed by atoms with E-state index in [1.54, 1.807) is 11.9 Å². The molecule has 0 aliphatic heterocycles. The van der Waals surface area contributed by atoms with Gasteiger partial charge in [0.1, 0.15) is 5.60 Å². The maximum atomic E-state index is 11.9. The van der Waals surface area contributed by atoms with Gasteiger partial charge in [-0.2, -0.15) is 0 Å². The zero-order valence-corrected chi connectivity index (χ0v) is 14.6. The molecule has 124 valence electrons. The maximum Gasteiger partial charge on any atom is 0.410 e. The van der Waals surface area contributed by atoms with Gasteiger partial charge in [0, 0.05) is 13.6 Å². The fourth-order valence-corrected chi connectivity index (χ4v) is 2.17. The molecule has 1 N–H and O–H groups in total. The molecular weight excluding hydrogens is 276 g/mol. The Labute approximate surface area is 134 Å². The Bertz CT molecular complexity index is 440. The van der Waals surface area contributed by atoms with E-state index in [4.69, 9.17) is 4.74 Å². The third-order valence-corrected chi connectivity index (χ3v) is 3.22. The summed E-state index contributed by atoms with van der Waals surface area (Å²) in [5, 5.41) is 3.45.